The number of nitrogens with one attached hydrogen (secondary N) is 1. The van der Waals surface area contributed by atoms with Crippen LogP contribution in [0.4, 0.5) is 0 Å². The zero-order valence-electron chi connectivity index (χ0n) is 10.1. The van der Waals surface area contributed by atoms with E-state index in [1.54, 1.807) is 11.8 Å². The van der Waals surface area contributed by atoms with Crippen molar-refractivity contribution in [2.45, 2.75) is 43.6 Å². The van der Waals surface area contributed by atoms with Crippen LogP contribution in [0.25, 0.3) is 0 Å². The fourth-order valence-corrected chi connectivity index (χ4v) is 3.00. The number of hydrogen-bond acceptors (Lipinski definition) is 6. The van der Waals surface area contributed by atoms with Crippen molar-refractivity contribution in [1.29, 1.82) is 0 Å². The number of carboxylic acid groups (broad SMARTS) is 1. The lowest BCUT2D eigenvalue weighted by Crippen LogP contribution is -2.41. The molecule has 0 amide bonds. The van der Waals surface area contributed by atoms with Crippen LogP contribution in [-0.2, 0) is 4.79 Å². The van der Waals surface area contributed by atoms with Crippen molar-refractivity contribution in [2.24, 2.45) is 0 Å². The summed E-state index contributed by atoms with van der Waals surface area (Å²) < 4.78 is 4.97. The molecule has 1 unspecified atom stereocenters. The molecule has 0 fully saturated rings. The second kappa shape index (κ2) is 6.93. The molecule has 0 bridgehead atoms. The van der Waals surface area contributed by atoms with Crippen LogP contribution in [0, 0.1) is 6.92 Å². The third-order valence-electron chi connectivity index (χ3n) is 1.97. The van der Waals surface area contributed by atoms with Crippen molar-refractivity contribution < 1.29 is 9.90 Å². The largest absolute Gasteiger partial charge is 0.480 e. The first-order valence-corrected chi connectivity index (χ1v) is 7.17. The van der Waals surface area contributed by atoms with Gasteiger partial charge in [0, 0.05) is 11.8 Å². The van der Waals surface area contributed by atoms with Crippen LogP contribution in [0.15, 0.2) is 4.34 Å². The molecule has 1 atom stereocenters. The van der Waals surface area contributed by atoms with Gasteiger partial charge in [-0.05, 0) is 24.9 Å². The Hall–Kier alpha value is -0.660. The highest BCUT2D eigenvalue weighted by atomic mass is 32.2. The molecule has 2 N–H and O–H groups in total. The Morgan fingerprint density at radius 2 is 2.29 bits per heavy atom. The molecule has 0 radical (unpaired) electrons. The first-order chi connectivity index (χ1) is 7.99. The number of aromatic nitrogens is 2. The van der Waals surface area contributed by atoms with Gasteiger partial charge >= 0.3 is 5.97 Å². The molecule has 1 aromatic heterocycles. The minimum atomic E-state index is -0.798. The Bertz CT molecular complexity index is 368. The molecule has 17 heavy (non-hydrogen) atoms. The Morgan fingerprint density at radius 3 is 2.76 bits per heavy atom. The van der Waals surface area contributed by atoms with E-state index in [0.29, 0.717) is 6.42 Å². The molecule has 96 valence electrons. The van der Waals surface area contributed by atoms with Crippen molar-refractivity contribution in [3.05, 3.63) is 5.82 Å². The maximum Gasteiger partial charge on any atom is 0.320 e. The first kappa shape index (κ1) is 14.4. The fraction of sp³-hybridized carbons (Fsp3) is 0.700. The van der Waals surface area contributed by atoms with Crippen LogP contribution in [0.3, 0.4) is 0 Å². The van der Waals surface area contributed by atoms with Gasteiger partial charge in [-0.15, -0.1) is 0 Å². The number of aliphatic carboxylic acids is 1. The van der Waals surface area contributed by atoms with Crippen LogP contribution < -0.4 is 5.32 Å². The van der Waals surface area contributed by atoms with E-state index >= 15 is 0 Å². The van der Waals surface area contributed by atoms with Gasteiger partial charge in [-0.2, -0.15) is 4.37 Å². The van der Waals surface area contributed by atoms with Gasteiger partial charge < -0.3 is 10.4 Å². The van der Waals surface area contributed by atoms with E-state index in [0.717, 1.165) is 15.9 Å². The quantitative estimate of drug-likeness (QED) is 0.739. The van der Waals surface area contributed by atoms with Crippen molar-refractivity contribution in [3.63, 3.8) is 0 Å². The maximum atomic E-state index is 11.0. The van der Waals surface area contributed by atoms with Crippen molar-refractivity contribution in [2.75, 3.05) is 5.75 Å². The monoisotopic (exact) mass is 275 g/mol. The predicted octanol–water partition coefficient (Wildman–Crippen LogP) is 1.78. The minimum Gasteiger partial charge on any atom is -0.480 e. The number of aryl methyl sites for hydroxylation is 1. The molecule has 1 rings (SSSR count). The van der Waals surface area contributed by atoms with Gasteiger partial charge in [0.15, 0.2) is 4.34 Å². The number of thioether (sulfide) groups is 1. The van der Waals surface area contributed by atoms with E-state index in [4.69, 9.17) is 5.11 Å². The first-order valence-electron chi connectivity index (χ1n) is 5.41. The highest BCUT2D eigenvalue weighted by molar-refractivity contribution is 8.00. The van der Waals surface area contributed by atoms with Gasteiger partial charge in [0.2, 0.25) is 0 Å². The summed E-state index contributed by atoms with van der Waals surface area (Å²) in [5, 5.41) is 12.1. The zero-order valence-corrected chi connectivity index (χ0v) is 11.8. The Labute approximate surface area is 109 Å². The molecule has 0 aliphatic rings. The van der Waals surface area contributed by atoms with E-state index in [9.17, 15) is 4.79 Å². The summed E-state index contributed by atoms with van der Waals surface area (Å²) in [5.41, 5.74) is 0. The smallest absolute Gasteiger partial charge is 0.320 e. The van der Waals surface area contributed by atoms with E-state index in [1.165, 1.54) is 11.5 Å². The van der Waals surface area contributed by atoms with Gasteiger partial charge in [0.25, 0.3) is 0 Å². The maximum absolute atomic E-state index is 11.0. The average Bonchev–Trinajstić information content (AvgIpc) is 2.62. The molecule has 1 heterocycles. The van der Waals surface area contributed by atoms with Crippen LogP contribution in [0.5, 0.6) is 0 Å². The molecule has 0 saturated carbocycles. The second-order valence-corrected chi connectivity index (χ2v) is 6.05. The zero-order chi connectivity index (χ0) is 12.8. The molecule has 0 saturated heterocycles. The van der Waals surface area contributed by atoms with Gasteiger partial charge in [-0.3, -0.25) is 4.79 Å². The number of carbonyl (C=O) groups is 1. The lowest BCUT2D eigenvalue weighted by molar-refractivity contribution is -0.139. The summed E-state index contributed by atoms with van der Waals surface area (Å²) in [5.74, 6) is 0.700. The summed E-state index contributed by atoms with van der Waals surface area (Å²) in [6.45, 7) is 5.73. The Kier molecular flexibility index (Phi) is 5.87. The number of nitrogens with zero attached hydrogens (tertiary/aromatic N) is 2. The van der Waals surface area contributed by atoms with E-state index in [-0.39, 0.29) is 6.04 Å². The van der Waals surface area contributed by atoms with E-state index < -0.39 is 12.0 Å². The number of rotatable bonds is 7. The molecule has 5 nitrogen and oxygen atoms in total. The topological polar surface area (TPSA) is 75.1 Å². The van der Waals surface area contributed by atoms with Crippen LogP contribution in [-0.4, -0.2) is 38.3 Å². The molecule has 7 heteroatoms. The van der Waals surface area contributed by atoms with Gasteiger partial charge in [0.05, 0.1) is 0 Å². The third-order valence-corrected chi connectivity index (χ3v) is 3.93. The third kappa shape index (κ3) is 5.47. The number of carboxylic acids is 1. The molecule has 1 aromatic rings. The number of hydrogen-bond donors (Lipinski definition) is 2. The molecular formula is C10H17N3O2S2. The van der Waals surface area contributed by atoms with Gasteiger partial charge in [0.1, 0.15) is 11.9 Å². The Balaban J connectivity index is 2.34. The standard InChI is InChI=1S/C10H17N3O2S2/c1-6(2)11-8(9(14)15)4-5-16-10-12-7(3)13-17-10/h6,8,11H,4-5H2,1-3H3,(H,14,15). The predicted molar refractivity (Wildman–Crippen MR) is 69.7 cm³/mol. The molecule has 0 aromatic carbocycles. The Morgan fingerprint density at radius 1 is 1.59 bits per heavy atom. The van der Waals surface area contributed by atoms with Crippen LogP contribution in [0.1, 0.15) is 26.1 Å². The van der Waals surface area contributed by atoms with Crippen molar-refractivity contribution >= 4 is 29.3 Å². The van der Waals surface area contributed by atoms with E-state index in [2.05, 4.69) is 14.7 Å². The molecular weight excluding hydrogens is 258 g/mol. The van der Waals surface area contributed by atoms with Gasteiger partial charge in [-0.1, -0.05) is 25.6 Å². The highest BCUT2D eigenvalue weighted by Gasteiger charge is 2.17. The SMILES string of the molecule is Cc1nsc(SCCC(NC(C)C)C(=O)O)n1. The molecule has 0 aliphatic heterocycles. The van der Waals surface area contributed by atoms with Crippen LogP contribution in [0.2, 0.25) is 0 Å². The minimum absolute atomic E-state index is 0.171. The van der Waals surface area contributed by atoms with Gasteiger partial charge in [-0.25, -0.2) is 4.98 Å². The van der Waals surface area contributed by atoms with E-state index in [1.807, 2.05) is 20.8 Å². The van der Waals surface area contributed by atoms with Crippen molar-refractivity contribution in [1.82, 2.24) is 14.7 Å². The second-order valence-electron chi connectivity index (χ2n) is 3.96. The lowest BCUT2D eigenvalue weighted by Gasteiger charge is -2.16. The lowest BCUT2D eigenvalue weighted by atomic mass is 10.2. The molecule has 0 aliphatic carbocycles. The summed E-state index contributed by atoms with van der Waals surface area (Å²) in [7, 11) is 0. The normalized spacial score (nSPS) is 12.9. The summed E-state index contributed by atoms with van der Waals surface area (Å²) in [4.78, 5) is 15.2. The van der Waals surface area contributed by atoms with Crippen molar-refractivity contribution in [3.8, 4) is 0 Å². The fourth-order valence-electron chi connectivity index (χ4n) is 1.28. The summed E-state index contributed by atoms with van der Waals surface area (Å²) in [6, 6.07) is -0.318. The highest BCUT2D eigenvalue weighted by Crippen LogP contribution is 2.21. The average molecular weight is 275 g/mol. The summed E-state index contributed by atoms with van der Waals surface area (Å²) >= 11 is 2.91. The van der Waals surface area contributed by atoms with Crippen LogP contribution >= 0.6 is 23.3 Å². The summed E-state index contributed by atoms with van der Waals surface area (Å²) in [6.07, 6.45) is 0.580. The molecule has 0 spiro atoms.